The summed E-state index contributed by atoms with van der Waals surface area (Å²) >= 11 is 0. The van der Waals surface area contributed by atoms with Gasteiger partial charge in [0, 0.05) is 12.1 Å². The van der Waals surface area contributed by atoms with Gasteiger partial charge < -0.3 is 10.6 Å². The Labute approximate surface area is 118 Å². The highest BCUT2D eigenvalue weighted by atomic mass is 15.1. The first-order chi connectivity index (χ1) is 9.10. The number of nitrogens with two attached hydrogens (primary N) is 1. The molecule has 1 fully saturated rings. The standard InChI is InChI=1S/C17H28N2/c1-19(2)14-16-10-6-7-12-17(16,18)13-11-15-8-4-3-5-9-15/h3-5,8-9,16H,6-7,10-14,18H2,1-2H3/t16?,17-/m0/s1. The van der Waals surface area contributed by atoms with Crippen LogP contribution in [0.2, 0.25) is 0 Å². The summed E-state index contributed by atoms with van der Waals surface area (Å²) in [5.74, 6) is 0.653. The zero-order valence-electron chi connectivity index (χ0n) is 12.4. The second-order valence-corrected chi connectivity index (χ2v) is 6.42. The van der Waals surface area contributed by atoms with Crippen LogP contribution in [0, 0.1) is 5.92 Å². The smallest absolute Gasteiger partial charge is 0.0198 e. The molecule has 1 saturated carbocycles. The monoisotopic (exact) mass is 260 g/mol. The molecule has 0 bridgehead atoms. The number of rotatable bonds is 5. The molecule has 2 heteroatoms. The van der Waals surface area contributed by atoms with Crippen molar-refractivity contribution >= 4 is 0 Å². The summed E-state index contributed by atoms with van der Waals surface area (Å²) in [5.41, 5.74) is 8.23. The summed E-state index contributed by atoms with van der Waals surface area (Å²) in [6.45, 7) is 1.13. The fourth-order valence-corrected chi connectivity index (χ4v) is 3.40. The van der Waals surface area contributed by atoms with E-state index in [4.69, 9.17) is 5.73 Å². The van der Waals surface area contributed by atoms with E-state index in [0.717, 1.165) is 19.4 Å². The van der Waals surface area contributed by atoms with E-state index in [9.17, 15) is 0 Å². The van der Waals surface area contributed by atoms with Gasteiger partial charge in [-0.1, -0.05) is 43.2 Å². The third-order valence-electron chi connectivity index (χ3n) is 4.57. The first-order valence-electron chi connectivity index (χ1n) is 7.58. The predicted molar refractivity (Wildman–Crippen MR) is 82.2 cm³/mol. The Kier molecular flexibility index (Phi) is 5.00. The average molecular weight is 260 g/mol. The molecule has 1 unspecified atom stereocenters. The summed E-state index contributed by atoms with van der Waals surface area (Å²) < 4.78 is 0. The van der Waals surface area contributed by atoms with Crippen molar-refractivity contribution in [3.05, 3.63) is 35.9 Å². The summed E-state index contributed by atoms with van der Waals surface area (Å²) in [6.07, 6.45) is 7.37. The van der Waals surface area contributed by atoms with E-state index in [1.807, 2.05) is 0 Å². The van der Waals surface area contributed by atoms with Gasteiger partial charge in [-0.3, -0.25) is 0 Å². The van der Waals surface area contributed by atoms with Crippen LogP contribution in [0.5, 0.6) is 0 Å². The zero-order valence-corrected chi connectivity index (χ0v) is 12.4. The largest absolute Gasteiger partial charge is 0.325 e. The number of hydrogen-bond donors (Lipinski definition) is 1. The second-order valence-electron chi connectivity index (χ2n) is 6.42. The lowest BCUT2D eigenvalue weighted by molar-refractivity contribution is 0.141. The Morgan fingerprint density at radius 3 is 2.63 bits per heavy atom. The first-order valence-corrected chi connectivity index (χ1v) is 7.58. The van der Waals surface area contributed by atoms with Gasteiger partial charge in [-0.2, -0.15) is 0 Å². The van der Waals surface area contributed by atoms with Gasteiger partial charge in [0.15, 0.2) is 0 Å². The maximum absolute atomic E-state index is 6.77. The second kappa shape index (κ2) is 6.53. The fourth-order valence-electron chi connectivity index (χ4n) is 3.40. The molecule has 2 rings (SSSR count). The number of nitrogens with zero attached hydrogens (tertiary/aromatic N) is 1. The Morgan fingerprint density at radius 1 is 1.21 bits per heavy atom. The summed E-state index contributed by atoms with van der Waals surface area (Å²) in [4.78, 5) is 2.29. The molecule has 0 saturated heterocycles. The fraction of sp³-hybridized carbons (Fsp3) is 0.647. The summed E-state index contributed by atoms with van der Waals surface area (Å²) in [7, 11) is 4.32. The van der Waals surface area contributed by atoms with Crippen molar-refractivity contribution in [2.75, 3.05) is 20.6 Å². The number of hydrogen-bond acceptors (Lipinski definition) is 2. The molecule has 2 atom stereocenters. The molecule has 0 amide bonds. The number of benzene rings is 1. The Balaban J connectivity index is 1.97. The van der Waals surface area contributed by atoms with Crippen LogP contribution in [0.15, 0.2) is 30.3 Å². The van der Waals surface area contributed by atoms with E-state index in [1.165, 1.54) is 31.2 Å². The molecule has 0 heterocycles. The van der Waals surface area contributed by atoms with Crippen LogP contribution in [0.3, 0.4) is 0 Å². The lowest BCUT2D eigenvalue weighted by Crippen LogP contribution is -2.52. The Hall–Kier alpha value is -0.860. The summed E-state index contributed by atoms with van der Waals surface area (Å²) in [5, 5.41) is 0. The highest BCUT2D eigenvalue weighted by Gasteiger charge is 2.36. The van der Waals surface area contributed by atoms with E-state index < -0.39 is 0 Å². The topological polar surface area (TPSA) is 29.3 Å². The lowest BCUT2D eigenvalue weighted by Gasteiger charge is -2.43. The molecule has 1 aromatic rings. The molecule has 1 aliphatic carbocycles. The molecule has 106 valence electrons. The van der Waals surface area contributed by atoms with Gasteiger partial charge in [-0.25, -0.2) is 0 Å². The third kappa shape index (κ3) is 4.05. The zero-order chi connectivity index (χ0) is 13.7. The minimum atomic E-state index is 0.0400. The van der Waals surface area contributed by atoms with E-state index >= 15 is 0 Å². The van der Waals surface area contributed by atoms with Crippen molar-refractivity contribution in [3.8, 4) is 0 Å². The van der Waals surface area contributed by atoms with Crippen molar-refractivity contribution in [3.63, 3.8) is 0 Å². The minimum Gasteiger partial charge on any atom is -0.325 e. The molecule has 0 aliphatic heterocycles. The van der Waals surface area contributed by atoms with E-state index in [2.05, 4.69) is 49.3 Å². The highest BCUT2D eigenvalue weighted by Crippen LogP contribution is 2.35. The van der Waals surface area contributed by atoms with Crippen LogP contribution < -0.4 is 5.73 Å². The van der Waals surface area contributed by atoms with Gasteiger partial charge in [0.25, 0.3) is 0 Å². The Bertz CT molecular complexity index is 374. The van der Waals surface area contributed by atoms with Crippen LogP contribution in [-0.4, -0.2) is 31.1 Å². The van der Waals surface area contributed by atoms with E-state index in [-0.39, 0.29) is 5.54 Å². The molecule has 19 heavy (non-hydrogen) atoms. The number of aryl methyl sites for hydroxylation is 1. The lowest BCUT2D eigenvalue weighted by atomic mass is 9.70. The SMILES string of the molecule is CN(C)CC1CCCC[C@]1(N)CCc1ccccc1. The molecular weight excluding hydrogens is 232 g/mol. The van der Waals surface area contributed by atoms with Gasteiger partial charge in [0.2, 0.25) is 0 Å². The molecule has 1 aromatic carbocycles. The first kappa shape index (κ1) is 14.5. The summed E-state index contributed by atoms with van der Waals surface area (Å²) in [6, 6.07) is 10.8. The van der Waals surface area contributed by atoms with Gasteiger partial charge in [-0.15, -0.1) is 0 Å². The van der Waals surface area contributed by atoms with Gasteiger partial charge >= 0.3 is 0 Å². The average Bonchev–Trinajstić information content (AvgIpc) is 2.40. The van der Waals surface area contributed by atoms with Crippen LogP contribution in [0.25, 0.3) is 0 Å². The van der Waals surface area contributed by atoms with Crippen molar-refractivity contribution in [1.82, 2.24) is 4.90 Å². The van der Waals surface area contributed by atoms with Crippen LogP contribution in [-0.2, 0) is 6.42 Å². The van der Waals surface area contributed by atoms with Crippen molar-refractivity contribution in [2.45, 2.75) is 44.1 Å². The van der Waals surface area contributed by atoms with Crippen LogP contribution >= 0.6 is 0 Å². The highest BCUT2D eigenvalue weighted by molar-refractivity contribution is 5.15. The van der Waals surface area contributed by atoms with Crippen molar-refractivity contribution in [2.24, 2.45) is 11.7 Å². The molecule has 1 aliphatic rings. The molecular formula is C17H28N2. The minimum absolute atomic E-state index is 0.0400. The molecule has 2 N–H and O–H groups in total. The molecule has 0 radical (unpaired) electrons. The van der Waals surface area contributed by atoms with E-state index in [0.29, 0.717) is 5.92 Å². The van der Waals surface area contributed by atoms with E-state index in [1.54, 1.807) is 0 Å². The maximum atomic E-state index is 6.77. The van der Waals surface area contributed by atoms with Gasteiger partial charge in [0.05, 0.1) is 0 Å². The molecule has 2 nitrogen and oxygen atoms in total. The van der Waals surface area contributed by atoms with Crippen LogP contribution in [0.1, 0.15) is 37.7 Å². The van der Waals surface area contributed by atoms with Gasteiger partial charge in [-0.05, 0) is 51.3 Å². The normalized spacial score (nSPS) is 27.7. The maximum Gasteiger partial charge on any atom is 0.0198 e. The van der Waals surface area contributed by atoms with Crippen molar-refractivity contribution in [1.29, 1.82) is 0 Å². The van der Waals surface area contributed by atoms with Gasteiger partial charge in [0.1, 0.15) is 0 Å². The molecule has 0 spiro atoms. The Morgan fingerprint density at radius 2 is 1.95 bits per heavy atom. The van der Waals surface area contributed by atoms with Crippen molar-refractivity contribution < 1.29 is 0 Å². The third-order valence-corrected chi connectivity index (χ3v) is 4.57. The quantitative estimate of drug-likeness (QED) is 0.881. The molecule has 0 aromatic heterocycles. The van der Waals surface area contributed by atoms with Crippen LogP contribution in [0.4, 0.5) is 0 Å². The predicted octanol–water partition coefficient (Wildman–Crippen LogP) is 3.07.